The van der Waals surface area contributed by atoms with Crippen molar-refractivity contribution in [1.82, 2.24) is 5.32 Å². The van der Waals surface area contributed by atoms with E-state index in [1.165, 1.54) is 31.2 Å². The second-order valence-corrected chi connectivity index (χ2v) is 8.80. The molecule has 0 heterocycles. The SMILES string of the molecule is C[N+](C)(C)C[C@H](CC(=O)O)NC(=O)CCCCCCCCCc1ccccc1. The highest BCUT2D eigenvalue weighted by Crippen LogP contribution is 2.11. The summed E-state index contributed by atoms with van der Waals surface area (Å²) in [6, 6.07) is 10.3. The van der Waals surface area contributed by atoms with Crippen molar-refractivity contribution >= 4 is 11.9 Å². The van der Waals surface area contributed by atoms with Crippen molar-refractivity contribution in [2.45, 2.75) is 70.3 Å². The summed E-state index contributed by atoms with van der Waals surface area (Å²) in [6.07, 6.45) is 9.70. The van der Waals surface area contributed by atoms with Crippen LogP contribution in [0.1, 0.15) is 63.4 Å². The zero-order chi connectivity index (χ0) is 20.8. The quantitative estimate of drug-likeness (QED) is 0.351. The predicted octanol–water partition coefficient (Wildman–Crippen LogP) is 4.02. The minimum Gasteiger partial charge on any atom is -0.481 e. The van der Waals surface area contributed by atoms with Crippen molar-refractivity contribution in [1.29, 1.82) is 0 Å². The van der Waals surface area contributed by atoms with Crippen LogP contribution in [0.15, 0.2) is 30.3 Å². The van der Waals surface area contributed by atoms with Gasteiger partial charge in [-0.25, -0.2) is 0 Å². The van der Waals surface area contributed by atoms with E-state index in [1.807, 2.05) is 21.1 Å². The molecule has 158 valence electrons. The van der Waals surface area contributed by atoms with E-state index in [-0.39, 0.29) is 18.4 Å². The van der Waals surface area contributed by atoms with Crippen molar-refractivity contribution in [3.8, 4) is 0 Å². The maximum Gasteiger partial charge on any atom is 0.305 e. The van der Waals surface area contributed by atoms with Gasteiger partial charge in [0.05, 0.1) is 40.2 Å². The number of rotatable bonds is 15. The molecule has 5 heteroatoms. The molecule has 0 spiro atoms. The first kappa shape index (κ1) is 24.2. The largest absolute Gasteiger partial charge is 0.481 e. The van der Waals surface area contributed by atoms with E-state index in [2.05, 4.69) is 35.6 Å². The third-order valence-electron chi connectivity index (χ3n) is 4.77. The maximum absolute atomic E-state index is 12.1. The van der Waals surface area contributed by atoms with E-state index in [9.17, 15) is 9.59 Å². The van der Waals surface area contributed by atoms with Gasteiger partial charge >= 0.3 is 5.97 Å². The number of likely N-dealkylation sites (N-methyl/N-ethyl adjacent to an activating group) is 1. The Morgan fingerprint density at radius 3 is 2.07 bits per heavy atom. The number of aryl methyl sites for hydroxylation is 1. The first-order valence-corrected chi connectivity index (χ1v) is 10.6. The first-order chi connectivity index (χ1) is 13.3. The molecule has 2 N–H and O–H groups in total. The topological polar surface area (TPSA) is 66.4 Å². The summed E-state index contributed by atoms with van der Waals surface area (Å²) >= 11 is 0. The molecule has 0 radical (unpaired) electrons. The van der Waals surface area contributed by atoms with Crippen molar-refractivity contribution in [3.05, 3.63) is 35.9 Å². The fourth-order valence-corrected chi connectivity index (χ4v) is 3.48. The molecule has 5 nitrogen and oxygen atoms in total. The van der Waals surface area contributed by atoms with Crippen LogP contribution in [0.2, 0.25) is 0 Å². The second kappa shape index (κ2) is 13.3. The Kier molecular flexibility index (Phi) is 11.5. The molecule has 1 aromatic rings. The fraction of sp³-hybridized carbons (Fsp3) is 0.652. The normalized spacial score (nSPS) is 12.5. The van der Waals surface area contributed by atoms with Gasteiger partial charge in [0.1, 0.15) is 0 Å². The summed E-state index contributed by atoms with van der Waals surface area (Å²) in [5.41, 5.74) is 1.42. The summed E-state index contributed by atoms with van der Waals surface area (Å²) < 4.78 is 0.627. The smallest absolute Gasteiger partial charge is 0.305 e. The molecule has 0 aliphatic carbocycles. The molecule has 0 aliphatic heterocycles. The van der Waals surface area contributed by atoms with Gasteiger partial charge in [0.2, 0.25) is 5.91 Å². The van der Waals surface area contributed by atoms with E-state index < -0.39 is 5.97 Å². The van der Waals surface area contributed by atoms with E-state index >= 15 is 0 Å². The van der Waals surface area contributed by atoms with Crippen LogP contribution in [-0.4, -0.2) is 55.2 Å². The number of hydrogen-bond donors (Lipinski definition) is 2. The maximum atomic E-state index is 12.1. The number of amides is 1. The van der Waals surface area contributed by atoms with Gasteiger partial charge in [0, 0.05) is 6.42 Å². The number of benzene rings is 1. The summed E-state index contributed by atoms with van der Waals surface area (Å²) in [5, 5.41) is 11.9. The van der Waals surface area contributed by atoms with E-state index in [0.717, 1.165) is 25.7 Å². The number of nitrogens with zero attached hydrogens (tertiary/aromatic N) is 1. The van der Waals surface area contributed by atoms with Crippen molar-refractivity contribution < 1.29 is 19.2 Å². The van der Waals surface area contributed by atoms with Crippen LogP contribution in [0.25, 0.3) is 0 Å². The van der Waals surface area contributed by atoms with Gasteiger partial charge in [-0.05, 0) is 24.8 Å². The van der Waals surface area contributed by atoms with Crippen LogP contribution in [0, 0.1) is 0 Å². The Labute approximate surface area is 170 Å². The van der Waals surface area contributed by atoms with Gasteiger partial charge < -0.3 is 14.9 Å². The van der Waals surface area contributed by atoms with Crippen LogP contribution in [-0.2, 0) is 16.0 Å². The van der Waals surface area contributed by atoms with Gasteiger partial charge in [0.25, 0.3) is 0 Å². The van der Waals surface area contributed by atoms with Gasteiger partial charge in [-0.2, -0.15) is 0 Å². The number of quaternary nitrogens is 1. The number of carboxylic acid groups (broad SMARTS) is 1. The van der Waals surface area contributed by atoms with Crippen LogP contribution in [0.3, 0.4) is 0 Å². The lowest BCUT2D eigenvalue weighted by Gasteiger charge is -2.29. The highest BCUT2D eigenvalue weighted by atomic mass is 16.4. The molecule has 0 bridgehead atoms. The predicted molar refractivity (Wildman–Crippen MR) is 114 cm³/mol. The Balaban J connectivity index is 2.06. The third kappa shape index (κ3) is 13.3. The average Bonchev–Trinajstić information content (AvgIpc) is 2.59. The first-order valence-electron chi connectivity index (χ1n) is 10.6. The van der Waals surface area contributed by atoms with Crippen molar-refractivity contribution in [2.75, 3.05) is 27.7 Å². The number of aliphatic carboxylic acids is 1. The van der Waals surface area contributed by atoms with Crippen LogP contribution < -0.4 is 5.32 Å². The fourth-order valence-electron chi connectivity index (χ4n) is 3.48. The molecule has 28 heavy (non-hydrogen) atoms. The van der Waals surface area contributed by atoms with E-state index in [1.54, 1.807) is 0 Å². The summed E-state index contributed by atoms with van der Waals surface area (Å²) in [7, 11) is 6.00. The van der Waals surface area contributed by atoms with Gasteiger partial charge in [-0.1, -0.05) is 62.4 Å². The highest BCUT2D eigenvalue weighted by Gasteiger charge is 2.22. The molecule has 0 fully saturated rings. The van der Waals surface area contributed by atoms with Crippen molar-refractivity contribution in [2.24, 2.45) is 0 Å². The molecule has 0 unspecified atom stereocenters. The minimum absolute atomic E-state index is 0.0236. The number of hydrogen-bond acceptors (Lipinski definition) is 2. The molecule has 0 aromatic heterocycles. The van der Waals surface area contributed by atoms with Crippen LogP contribution >= 0.6 is 0 Å². The Morgan fingerprint density at radius 2 is 1.50 bits per heavy atom. The van der Waals surface area contributed by atoms with Crippen molar-refractivity contribution in [3.63, 3.8) is 0 Å². The van der Waals surface area contributed by atoms with Crippen LogP contribution in [0.4, 0.5) is 0 Å². The summed E-state index contributed by atoms with van der Waals surface area (Å²) in [6.45, 7) is 0.612. The number of nitrogens with one attached hydrogen (secondary N) is 1. The van der Waals surface area contributed by atoms with E-state index in [0.29, 0.717) is 17.4 Å². The standard InChI is InChI=1S/C23H38N2O3/c1-25(2,3)19-21(18-23(27)28)24-22(26)17-13-8-6-4-5-7-10-14-20-15-11-9-12-16-20/h9,11-12,15-16,21H,4-8,10,13-14,17-19H2,1-3H3,(H-,24,26,27,28)/p+1/t21-/m0/s1. The molecule has 1 atom stereocenters. The molecule has 1 amide bonds. The molecular weight excluding hydrogens is 352 g/mol. The zero-order valence-corrected chi connectivity index (χ0v) is 18.0. The molecule has 0 saturated carbocycles. The third-order valence-corrected chi connectivity index (χ3v) is 4.77. The lowest BCUT2D eigenvalue weighted by atomic mass is 10.0. The molecule has 1 aromatic carbocycles. The number of unbranched alkanes of at least 4 members (excludes halogenated alkanes) is 6. The monoisotopic (exact) mass is 391 g/mol. The molecular formula is C23H39N2O3+. The Hall–Kier alpha value is -1.88. The zero-order valence-electron chi connectivity index (χ0n) is 18.0. The molecule has 1 rings (SSSR count). The van der Waals surface area contributed by atoms with Gasteiger partial charge in [-0.15, -0.1) is 0 Å². The van der Waals surface area contributed by atoms with E-state index in [4.69, 9.17) is 5.11 Å². The highest BCUT2D eigenvalue weighted by molar-refractivity contribution is 5.77. The Bertz CT molecular complexity index is 567. The number of carboxylic acids is 1. The second-order valence-electron chi connectivity index (χ2n) is 8.80. The minimum atomic E-state index is -0.869. The molecule has 0 saturated heterocycles. The number of carbonyl (C=O) groups is 2. The Morgan fingerprint density at radius 1 is 0.929 bits per heavy atom. The number of carbonyl (C=O) groups excluding carboxylic acids is 1. The molecule has 0 aliphatic rings. The summed E-state index contributed by atoms with van der Waals surface area (Å²) in [4.78, 5) is 23.1. The lowest BCUT2D eigenvalue weighted by Crippen LogP contribution is -2.49. The van der Waals surface area contributed by atoms with Gasteiger partial charge in [0.15, 0.2) is 0 Å². The average molecular weight is 392 g/mol. The van der Waals surface area contributed by atoms with Crippen LogP contribution in [0.5, 0.6) is 0 Å². The lowest BCUT2D eigenvalue weighted by molar-refractivity contribution is -0.871. The summed E-state index contributed by atoms with van der Waals surface area (Å²) in [5.74, 6) is -0.895. The van der Waals surface area contributed by atoms with Gasteiger partial charge in [-0.3, -0.25) is 9.59 Å².